The fraction of sp³-hybridized carbons (Fsp3) is 0.607. The van der Waals surface area contributed by atoms with Gasteiger partial charge in [0.25, 0.3) is 0 Å². The Balaban J connectivity index is 1.33. The van der Waals surface area contributed by atoms with Crippen molar-refractivity contribution in [3.8, 4) is 5.75 Å². The molecule has 1 unspecified atom stereocenters. The van der Waals surface area contributed by atoms with Crippen LogP contribution in [0.25, 0.3) is 0 Å². The minimum atomic E-state index is -0.765. The lowest BCUT2D eigenvalue weighted by molar-refractivity contribution is 0.0923. The first-order valence-electron chi connectivity index (χ1n) is 12.6. The summed E-state index contributed by atoms with van der Waals surface area (Å²) in [5.41, 5.74) is 6.28. The van der Waals surface area contributed by atoms with E-state index in [1.807, 2.05) is 13.8 Å². The Morgan fingerprint density at radius 3 is 2.49 bits per heavy atom. The molecule has 0 aliphatic heterocycles. The average Bonchev–Trinajstić information content (AvgIpc) is 3.12. The molecule has 1 aromatic carbocycles. The van der Waals surface area contributed by atoms with Gasteiger partial charge in [0.2, 0.25) is 0 Å². The lowest BCUT2D eigenvalue weighted by Gasteiger charge is -2.19. The minimum absolute atomic E-state index is 0.109. The van der Waals surface area contributed by atoms with Gasteiger partial charge in [-0.3, -0.25) is 4.79 Å². The van der Waals surface area contributed by atoms with Crippen LogP contribution >= 0.6 is 11.3 Å². The van der Waals surface area contributed by atoms with Crippen LogP contribution in [0.15, 0.2) is 12.1 Å². The standard InChI is InChI=1S/C28H39NO5S/c1-15-8-18(9-16(2)26(15)34-14-20(32)11-29-19(12-30)13-31)6-7-23(33)27-21-10-22-25(28(22,4)5)24(21)17(3)35-27/h8-9,19-20,22,25,29-32H,6-7,10-14H2,1-5H3/t20?,22-,25-/m1/s1. The molecule has 192 valence electrons. The summed E-state index contributed by atoms with van der Waals surface area (Å²) in [6.45, 7) is 10.8. The number of ether oxygens (including phenoxy) is 1. The van der Waals surface area contributed by atoms with E-state index in [4.69, 9.17) is 14.9 Å². The number of carbonyl (C=O) groups is 1. The number of aliphatic hydroxyl groups excluding tert-OH is 3. The van der Waals surface area contributed by atoms with Gasteiger partial charge in [0.15, 0.2) is 5.78 Å². The zero-order valence-electron chi connectivity index (χ0n) is 21.5. The van der Waals surface area contributed by atoms with Crippen molar-refractivity contribution in [3.63, 3.8) is 0 Å². The molecule has 35 heavy (non-hydrogen) atoms. The molecule has 1 saturated carbocycles. The molecule has 0 amide bonds. The predicted molar refractivity (Wildman–Crippen MR) is 139 cm³/mol. The zero-order chi connectivity index (χ0) is 25.5. The summed E-state index contributed by atoms with van der Waals surface area (Å²) < 4.78 is 5.88. The number of thiophene rings is 1. The van der Waals surface area contributed by atoms with Crippen LogP contribution in [0.4, 0.5) is 0 Å². The first kappa shape index (κ1) is 26.3. The van der Waals surface area contributed by atoms with E-state index in [9.17, 15) is 9.90 Å². The van der Waals surface area contributed by atoms with Crippen LogP contribution in [0.1, 0.15) is 68.6 Å². The van der Waals surface area contributed by atoms with Gasteiger partial charge in [-0.05, 0) is 78.7 Å². The smallest absolute Gasteiger partial charge is 0.173 e. The predicted octanol–water partition coefficient (Wildman–Crippen LogP) is 3.47. The van der Waals surface area contributed by atoms with Crippen molar-refractivity contribution < 1.29 is 24.9 Å². The second kappa shape index (κ2) is 10.3. The molecule has 4 rings (SSSR count). The van der Waals surface area contributed by atoms with Crippen LogP contribution in [0.3, 0.4) is 0 Å². The van der Waals surface area contributed by atoms with E-state index < -0.39 is 12.1 Å². The van der Waals surface area contributed by atoms with E-state index in [1.165, 1.54) is 16.0 Å². The number of benzene rings is 1. The molecule has 1 fully saturated rings. The van der Waals surface area contributed by atoms with Crippen molar-refractivity contribution in [2.75, 3.05) is 26.4 Å². The third-order valence-electron chi connectivity index (χ3n) is 7.94. The van der Waals surface area contributed by atoms with E-state index in [0.29, 0.717) is 30.1 Å². The van der Waals surface area contributed by atoms with Crippen LogP contribution in [0, 0.1) is 32.1 Å². The number of fused-ring (bicyclic) bond motifs is 3. The first-order chi connectivity index (χ1) is 16.6. The maximum absolute atomic E-state index is 13.2. The molecular weight excluding hydrogens is 462 g/mol. The summed E-state index contributed by atoms with van der Waals surface area (Å²) in [4.78, 5) is 15.5. The molecule has 0 spiro atoms. The number of hydrogen-bond donors (Lipinski definition) is 4. The highest BCUT2D eigenvalue weighted by Gasteiger charge is 2.63. The number of hydrogen-bond acceptors (Lipinski definition) is 7. The minimum Gasteiger partial charge on any atom is -0.490 e. The Kier molecular flexibility index (Phi) is 7.74. The van der Waals surface area contributed by atoms with Crippen molar-refractivity contribution >= 4 is 17.1 Å². The van der Waals surface area contributed by atoms with E-state index in [-0.39, 0.29) is 32.1 Å². The number of rotatable bonds is 12. The van der Waals surface area contributed by atoms with Crippen LogP contribution in [-0.4, -0.2) is 59.6 Å². The van der Waals surface area contributed by atoms with E-state index in [2.05, 4.69) is 38.2 Å². The maximum Gasteiger partial charge on any atom is 0.173 e. The Morgan fingerprint density at radius 2 is 1.86 bits per heavy atom. The van der Waals surface area contributed by atoms with Gasteiger partial charge >= 0.3 is 0 Å². The Labute approximate surface area is 212 Å². The van der Waals surface area contributed by atoms with Crippen molar-refractivity contribution in [2.24, 2.45) is 11.3 Å². The van der Waals surface area contributed by atoms with Crippen molar-refractivity contribution in [2.45, 2.75) is 71.9 Å². The van der Waals surface area contributed by atoms with Crippen molar-refractivity contribution in [3.05, 3.63) is 49.7 Å². The molecule has 3 atom stereocenters. The highest BCUT2D eigenvalue weighted by Crippen LogP contribution is 2.71. The van der Waals surface area contributed by atoms with E-state index in [0.717, 1.165) is 33.7 Å². The van der Waals surface area contributed by atoms with Crippen LogP contribution in [-0.2, 0) is 12.8 Å². The molecule has 0 radical (unpaired) electrons. The number of aryl methyl sites for hydroxylation is 4. The molecule has 0 bridgehead atoms. The van der Waals surface area contributed by atoms with Gasteiger partial charge in [0.05, 0.1) is 24.1 Å². The number of aliphatic hydroxyl groups is 3. The Hall–Kier alpha value is -1.77. The first-order valence-corrected chi connectivity index (χ1v) is 13.4. The molecule has 0 saturated heterocycles. The zero-order valence-corrected chi connectivity index (χ0v) is 22.3. The quantitative estimate of drug-likeness (QED) is 0.333. The summed E-state index contributed by atoms with van der Waals surface area (Å²) in [7, 11) is 0. The van der Waals surface area contributed by atoms with Gasteiger partial charge in [-0.2, -0.15) is 0 Å². The Morgan fingerprint density at radius 1 is 1.20 bits per heavy atom. The van der Waals surface area contributed by atoms with Crippen LogP contribution in [0.2, 0.25) is 0 Å². The van der Waals surface area contributed by atoms with Crippen molar-refractivity contribution in [1.29, 1.82) is 0 Å². The monoisotopic (exact) mass is 501 g/mol. The maximum atomic E-state index is 13.2. The SMILES string of the molecule is Cc1cc(CCC(=O)c2sc(C)c3c2C[C@@H]2[C@H]3C2(C)C)cc(C)c1OCC(O)CNC(CO)CO. The molecule has 4 N–H and O–H groups in total. The normalized spacial score (nSPS) is 20.6. The number of carbonyl (C=O) groups excluding carboxylic acids is 1. The molecule has 1 aromatic heterocycles. The molecule has 7 heteroatoms. The highest BCUT2D eigenvalue weighted by molar-refractivity contribution is 7.14. The van der Waals surface area contributed by atoms with E-state index in [1.54, 1.807) is 11.3 Å². The summed E-state index contributed by atoms with van der Waals surface area (Å²) in [6, 6.07) is 3.68. The third-order valence-corrected chi connectivity index (χ3v) is 9.14. The van der Waals surface area contributed by atoms with Crippen LogP contribution in [0.5, 0.6) is 5.75 Å². The summed E-state index contributed by atoms with van der Waals surface area (Å²) >= 11 is 1.69. The van der Waals surface area contributed by atoms with Crippen LogP contribution < -0.4 is 10.1 Å². The van der Waals surface area contributed by atoms with Gasteiger partial charge in [-0.15, -0.1) is 11.3 Å². The molecule has 6 nitrogen and oxygen atoms in total. The lowest BCUT2D eigenvalue weighted by atomic mass is 9.93. The number of nitrogens with one attached hydrogen (secondary N) is 1. The molecule has 1 heterocycles. The van der Waals surface area contributed by atoms with Crippen molar-refractivity contribution in [1.82, 2.24) is 5.32 Å². The molecule has 2 aliphatic rings. The van der Waals surface area contributed by atoms with Gasteiger partial charge in [0.1, 0.15) is 18.5 Å². The second-order valence-corrected chi connectivity index (χ2v) is 12.1. The summed E-state index contributed by atoms with van der Waals surface area (Å²) in [5.74, 6) is 2.36. The lowest BCUT2D eigenvalue weighted by Crippen LogP contribution is -2.42. The fourth-order valence-electron chi connectivity index (χ4n) is 5.87. The second-order valence-electron chi connectivity index (χ2n) is 10.9. The number of ketones is 1. The Bertz CT molecular complexity index is 1060. The largest absolute Gasteiger partial charge is 0.490 e. The highest BCUT2D eigenvalue weighted by atomic mass is 32.1. The molecule has 2 aromatic rings. The fourth-order valence-corrected chi connectivity index (χ4v) is 7.07. The van der Waals surface area contributed by atoms with Gasteiger partial charge < -0.3 is 25.4 Å². The van der Waals surface area contributed by atoms with Gasteiger partial charge in [-0.1, -0.05) is 26.0 Å². The summed E-state index contributed by atoms with van der Waals surface area (Å²) in [6.07, 6.45) is 1.50. The topological polar surface area (TPSA) is 99.0 Å². The van der Waals surface area contributed by atoms with Gasteiger partial charge in [-0.25, -0.2) is 0 Å². The number of Topliss-reactive ketones (excluding diaryl/α,β-unsaturated/α-hetero) is 1. The molecule has 2 aliphatic carbocycles. The average molecular weight is 502 g/mol. The van der Waals surface area contributed by atoms with Gasteiger partial charge in [0, 0.05) is 17.8 Å². The third kappa shape index (κ3) is 5.20. The van der Waals surface area contributed by atoms with E-state index >= 15 is 0 Å². The molecular formula is C28H39NO5S. The summed E-state index contributed by atoms with van der Waals surface area (Å²) in [5, 5.41) is 31.3.